The summed E-state index contributed by atoms with van der Waals surface area (Å²) in [6.07, 6.45) is -0.562. The third-order valence-electron chi connectivity index (χ3n) is 2.21. The highest BCUT2D eigenvalue weighted by Crippen LogP contribution is 2.24. The number of carbonyl (C=O) groups excluding carboxylic acids is 1. The molecule has 6 nitrogen and oxygen atoms in total. The molecular formula is C11H18N2O4S2. The van der Waals surface area contributed by atoms with Crippen LogP contribution in [-0.2, 0) is 9.53 Å². The molecule has 19 heavy (non-hydrogen) atoms. The first-order valence-electron chi connectivity index (χ1n) is 5.81. The van der Waals surface area contributed by atoms with E-state index in [1.54, 1.807) is 25.7 Å². The number of rotatable bonds is 3. The van der Waals surface area contributed by atoms with Gasteiger partial charge in [-0.05, 0) is 20.8 Å². The summed E-state index contributed by atoms with van der Waals surface area (Å²) >= 11 is 6.47. The van der Waals surface area contributed by atoms with Gasteiger partial charge in [0.05, 0.1) is 11.5 Å². The van der Waals surface area contributed by atoms with Gasteiger partial charge in [0.25, 0.3) is 0 Å². The summed E-state index contributed by atoms with van der Waals surface area (Å²) in [6, 6.07) is 0. The number of alkyl carbamates (subject to hydrolysis) is 1. The van der Waals surface area contributed by atoms with Crippen molar-refractivity contribution in [2.75, 3.05) is 18.8 Å². The van der Waals surface area contributed by atoms with E-state index < -0.39 is 23.0 Å². The molecule has 2 N–H and O–H groups in total. The predicted octanol–water partition coefficient (Wildman–Crippen LogP) is 1.30. The first kappa shape index (κ1) is 16.0. The smallest absolute Gasteiger partial charge is 0.408 e. The van der Waals surface area contributed by atoms with Crippen LogP contribution in [0.5, 0.6) is 0 Å². The second-order valence-electron chi connectivity index (χ2n) is 5.00. The summed E-state index contributed by atoms with van der Waals surface area (Å²) < 4.78 is 5.08. The molecule has 1 rings (SSSR count). The number of thiocarbonyl (C=S) groups is 1. The lowest BCUT2D eigenvalue weighted by Crippen LogP contribution is -2.44. The van der Waals surface area contributed by atoms with Crippen LogP contribution in [0.1, 0.15) is 20.8 Å². The summed E-state index contributed by atoms with van der Waals surface area (Å²) in [7, 11) is 0. The molecule has 0 spiro atoms. The van der Waals surface area contributed by atoms with Gasteiger partial charge in [0, 0.05) is 12.3 Å². The molecule has 1 saturated heterocycles. The van der Waals surface area contributed by atoms with Gasteiger partial charge in [-0.1, -0.05) is 12.2 Å². The first-order valence-corrected chi connectivity index (χ1v) is 7.27. The standard InChI is InChI=1S/C11H18N2O4S2/c1-11(2,3)17-10(16)12-6-7(18)13-4-5-19-8(13)9(14)15/h8H,4-6H2,1-3H3,(H,12,16)(H,14,15). The molecule has 0 aliphatic carbocycles. The molecule has 1 heterocycles. The number of hydrogen-bond acceptors (Lipinski definition) is 5. The molecule has 0 radical (unpaired) electrons. The van der Waals surface area contributed by atoms with E-state index in [4.69, 9.17) is 22.1 Å². The van der Waals surface area contributed by atoms with Crippen molar-refractivity contribution < 1.29 is 19.4 Å². The lowest BCUT2D eigenvalue weighted by atomic mass is 10.2. The number of nitrogens with zero attached hydrogens (tertiary/aromatic N) is 1. The summed E-state index contributed by atoms with van der Waals surface area (Å²) in [5.41, 5.74) is -0.571. The normalized spacial score (nSPS) is 19.1. The molecule has 108 valence electrons. The Labute approximate surface area is 121 Å². The van der Waals surface area contributed by atoms with Gasteiger partial charge in [-0.25, -0.2) is 9.59 Å². The molecular weight excluding hydrogens is 288 g/mol. The Kier molecular flexibility index (Phi) is 5.42. The van der Waals surface area contributed by atoms with Gasteiger partial charge >= 0.3 is 12.1 Å². The molecule has 8 heteroatoms. The van der Waals surface area contributed by atoms with Crippen LogP contribution in [0.3, 0.4) is 0 Å². The average molecular weight is 306 g/mol. The van der Waals surface area contributed by atoms with Crippen LogP contribution >= 0.6 is 24.0 Å². The monoisotopic (exact) mass is 306 g/mol. The molecule has 0 aromatic carbocycles. The van der Waals surface area contributed by atoms with Gasteiger partial charge in [0.1, 0.15) is 5.60 Å². The number of carboxylic acids is 1. The summed E-state index contributed by atoms with van der Waals surface area (Å²) in [4.78, 5) is 24.5. The minimum atomic E-state index is -0.915. The van der Waals surface area contributed by atoms with Crippen LogP contribution in [0.4, 0.5) is 4.79 Å². The van der Waals surface area contributed by atoms with E-state index in [0.717, 1.165) is 0 Å². The number of carbonyl (C=O) groups is 2. The van der Waals surface area contributed by atoms with Crippen molar-refractivity contribution in [3.63, 3.8) is 0 Å². The second-order valence-corrected chi connectivity index (χ2v) is 6.66. The van der Waals surface area contributed by atoms with E-state index >= 15 is 0 Å². The molecule has 0 aromatic heterocycles. The topological polar surface area (TPSA) is 78.9 Å². The van der Waals surface area contributed by atoms with E-state index in [1.807, 2.05) is 0 Å². The quantitative estimate of drug-likeness (QED) is 0.761. The van der Waals surface area contributed by atoms with Crippen LogP contribution in [0.15, 0.2) is 0 Å². The van der Waals surface area contributed by atoms with Gasteiger partial charge in [-0.2, -0.15) is 0 Å². The predicted molar refractivity (Wildman–Crippen MR) is 77.4 cm³/mol. The third-order valence-corrected chi connectivity index (χ3v) is 3.77. The highest BCUT2D eigenvalue weighted by molar-refractivity contribution is 8.00. The Morgan fingerprint density at radius 2 is 2.16 bits per heavy atom. The van der Waals surface area contributed by atoms with Gasteiger partial charge in [0.2, 0.25) is 0 Å². The molecule has 0 aromatic rings. The lowest BCUT2D eigenvalue weighted by molar-refractivity contribution is -0.138. The maximum absolute atomic E-state index is 11.5. The molecule has 1 amide bonds. The number of thioether (sulfide) groups is 1. The van der Waals surface area contributed by atoms with Crippen LogP contribution in [0.25, 0.3) is 0 Å². The largest absolute Gasteiger partial charge is 0.479 e. The van der Waals surface area contributed by atoms with Crippen LogP contribution in [-0.4, -0.2) is 56.9 Å². The van der Waals surface area contributed by atoms with Crippen molar-refractivity contribution >= 4 is 41.0 Å². The highest BCUT2D eigenvalue weighted by Gasteiger charge is 2.32. The summed E-state index contributed by atoms with van der Waals surface area (Å²) in [5.74, 6) is -0.203. The van der Waals surface area contributed by atoms with Gasteiger partial charge < -0.3 is 20.1 Å². The molecule has 0 saturated carbocycles. The van der Waals surface area contributed by atoms with Gasteiger partial charge in [0.15, 0.2) is 5.37 Å². The molecule has 1 atom stereocenters. The second kappa shape index (κ2) is 6.42. The average Bonchev–Trinajstić information content (AvgIpc) is 2.72. The van der Waals surface area contributed by atoms with Crippen molar-refractivity contribution in [3.8, 4) is 0 Å². The Bertz CT molecular complexity index is 381. The Morgan fingerprint density at radius 1 is 1.53 bits per heavy atom. The Morgan fingerprint density at radius 3 is 2.68 bits per heavy atom. The fourth-order valence-corrected chi connectivity index (χ4v) is 2.91. The van der Waals surface area contributed by atoms with E-state index in [2.05, 4.69) is 5.32 Å². The van der Waals surface area contributed by atoms with E-state index in [-0.39, 0.29) is 6.54 Å². The van der Waals surface area contributed by atoms with Gasteiger partial charge in [-0.15, -0.1) is 11.8 Å². The number of ether oxygens (including phenoxy) is 1. The fourth-order valence-electron chi connectivity index (χ4n) is 1.49. The molecule has 1 fully saturated rings. The van der Waals surface area contributed by atoms with E-state index in [0.29, 0.717) is 17.3 Å². The number of carboxylic acid groups (broad SMARTS) is 1. The first-order chi connectivity index (χ1) is 8.70. The number of nitrogens with one attached hydrogen (secondary N) is 1. The summed E-state index contributed by atoms with van der Waals surface area (Å²) in [6.45, 7) is 5.98. The molecule has 1 unspecified atom stereocenters. The fraction of sp³-hybridized carbons (Fsp3) is 0.727. The zero-order chi connectivity index (χ0) is 14.6. The third kappa shape index (κ3) is 5.23. The molecule has 1 aliphatic heterocycles. The number of amides is 1. The lowest BCUT2D eigenvalue weighted by Gasteiger charge is -2.24. The van der Waals surface area contributed by atoms with Crippen molar-refractivity contribution in [3.05, 3.63) is 0 Å². The number of hydrogen-bond donors (Lipinski definition) is 2. The van der Waals surface area contributed by atoms with E-state index in [9.17, 15) is 9.59 Å². The Hall–Kier alpha value is -1.02. The maximum Gasteiger partial charge on any atom is 0.408 e. The van der Waals surface area contributed by atoms with E-state index in [1.165, 1.54) is 11.8 Å². The van der Waals surface area contributed by atoms with Crippen LogP contribution in [0, 0.1) is 0 Å². The van der Waals surface area contributed by atoms with Crippen molar-refractivity contribution in [2.24, 2.45) is 0 Å². The van der Waals surface area contributed by atoms with Crippen molar-refractivity contribution in [1.29, 1.82) is 0 Å². The SMILES string of the molecule is CC(C)(C)OC(=O)NCC(=S)N1CCSC1C(=O)O. The molecule has 0 bridgehead atoms. The zero-order valence-corrected chi connectivity index (χ0v) is 12.8. The van der Waals surface area contributed by atoms with Gasteiger partial charge in [-0.3, -0.25) is 0 Å². The van der Waals surface area contributed by atoms with Crippen molar-refractivity contribution in [1.82, 2.24) is 10.2 Å². The summed E-state index contributed by atoms with van der Waals surface area (Å²) in [5, 5.41) is 10.9. The van der Waals surface area contributed by atoms with Crippen molar-refractivity contribution in [2.45, 2.75) is 31.7 Å². The minimum Gasteiger partial charge on any atom is -0.479 e. The zero-order valence-electron chi connectivity index (χ0n) is 11.1. The van der Waals surface area contributed by atoms with Crippen LogP contribution < -0.4 is 5.32 Å². The van der Waals surface area contributed by atoms with Crippen LogP contribution in [0.2, 0.25) is 0 Å². The number of aliphatic carboxylic acids is 1. The maximum atomic E-state index is 11.5. The molecule has 1 aliphatic rings. The minimum absolute atomic E-state index is 0.106. The highest BCUT2D eigenvalue weighted by atomic mass is 32.2. The Balaban J connectivity index is 2.43.